The summed E-state index contributed by atoms with van der Waals surface area (Å²) in [7, 11) is 1.65. The van der Waals surface area contributed by atoms with Crippen LogP contribution in [0.3, 0.4) is 0 Å². The number of thiazole rings is 1. The zero-order chi connectivity index (χ0) is 23.7. The van der Waals surface area contributed by atoms with Crippen LogP contribution in [0.2, 0.25) is 0 Å². The van der Waals surface area contributed by atoms with E-state index in [1.807, 2.05) is 36.4 Å². The number of nitrogens with one attached hydrogen (secondary N) is 3. The Morgan fingerprint density at radius 3 is 2.91 bits per heavy atom. The molecule has 0 saturated carbocycles. The number of fused-ring (bicyclic) bond motifs is 1. The average molecular weight is 478 g/mol. The second-order valence-electron chi connectivity index (χ2n) is 8.73. The molecule has 8 nitrogen and oxygen atoms in total. The predicted molar refractivity (Wildman–Crippen MR) is 133 cm³/mol. The van der Waals surface area contributed by atoms with Crippen molar-refractivity contribution in [3.05, 3.63) is 75.7 Å². The van der Waals surface area contributed by atoms with Crippen molar-refractivity contribution < 1.29 is 9.90 Å². The third-order valence-corrected chi connectivity index (χ3v) is 7.39. The Morgan fingerprint density at radius 1 is 1.29 bits per heavy atom. The van der Waals surface area contributed by atoms with Gasteiger partial charge in [-0.05, 0) is 35.7 Å². The van der Waals surface area contributed by atoms with Crippen LogP contribution in [0.15, 0.2) is 59.7 Å². The molecule has 9 heteroatoms. The Kier molecular flexibility index (Phi) is 6.32. The molecule has 3 atom stereocenters. The van der Waals surface area contributed by atoms with Crippen LogP contribution in [0.5, 0.6) is 0 Å². The number of aromatic nitrogens is 3. The summed E-state index contributed by atoms with van der Waals surface area (Å²) < 4.78 is 0.864. The molecule has 1 aliphatic rings. The maximum absolute atomic E-state index is 13.4. The number of H-pyrrole nitrogens is 2. The molecule has 5 rings (SSSR count). The molecule has 0 radical (unpaired) electrons. The van der Waals surface area contributed by atoms with Crippen molar-refractivity contribution in [1.29, 1.82) is 0 Å². The number of aromatic amines is 2. The molecule has 0 bridgehead atoms. The number of rotatable bonds is 7. The standard InChI is InChI=1S/C25H27N5O3S/c1-26-24(32)22(16-5-6-21-20(12-16)29-25(33)34-21)19(14-30-10-7-18(31)13-30)15-3-2-4-17(11-15)23-27-8-9-28-23/h2-6,8-9,11-12,18-19,22,31H,7,10,13-14H2,1H3,(H,26,32)(H,27,28)(H,29,33)/t18-,19+,22?/m0/s1. The highest BCUT2D eigenvalue weighted by molar-refractivity contribution is 7.16. The van der Waals surface area contributed by atoms with Crippen molar-refractivity contribution in [2.75, 3.05) is 26.7 Å². The Bertz CT molecular complexity index is 1350. The zero-order valence-electron chi connectivity index (χ0n) is 18.8. The number of hydrogen-bond acceptors (Lipinski definition) is 6. The molecule has 4 aromatic rings. The van der Waals surface area contributed by atoms with E-state index in [9.17, 15) is 14.7 Å². The molecule has 3 heterocycles. The number of aliphatic hydroxyl groups is 1. The Labute approximate surface area is 200 Å². The minimum absolute atomic E-state index is 0.0925. The maximum Gasteiger partial charge on any atom is 0.305 e. The number of aliphatic hydroxyl groups excluding tert-OH is 1. The van der Waals surface area contributed by atoms with E-state index in [1.54, 1.807) is 19.4 Å². The molecule has 1 aliphatic heterocycles. The lowest BCUT2D eigenvalue weighted by atomic mass is 9.79. The summed E-state index contributed by atoms with van der Waals surface area (Å²) in [6.07, 6.45) is 3.89. The predicted octanol–water partition coefficient (Wildman–Crippen LogP) is 2.66. The summed E-state index contributed by atoms with van der Waals surface area (Å²) in [4.78, 5) is 37.7. The molecule has 34 heavy (non-hydrogen) atoms. The van der Waals surface area contributed by atoms with Gasteiger partial charge in [-0.3, -0.25) is 9.59 Å². The van der Waals surface area contributed by atoms with Gasteiger partial charge < -0.3 is 25.3 Å². The molecule has 1 saturated heterocycles. The molecule has 0 aliphatic carbocycles. The number of β-amino-alcohol motifs (C(OH)–C–C–N with tert-alkyl or cyclic N) is 1. The van der Waals surface area contributed by atoms with Gasteiger partial charge in [-0.15, -0.1) is 0 Å². The summed E-state index contributed by atoms with van der Waals surface area (Å²) in [5.41, 5.74) is 3.54. The van der Waals surface area contributed by atoms with Gasteiger partial charge in [-0.2, -0.15) is 0 Å². The first-order valence-corrected chi connectivity index (χ1v) is 12.2. The van der Waals surface area contributed by atoms with Crippen LogP contribution >= 0.6 is 11.3 Å². The molecule has 1 amide bonds. The first-order chi connectivity index (χ1) is 16.5. The van der Waals surface area contributed by atoms with Crippen LogP contribution in [0.4, 0.5) is 0 Å². The number of nitrogens with zero attached hydrogens (tertiary/aromatic N) is 2. The van der Waals surface area contributed by atoms with Crippen LogP contribution in [0.1, 0.15) is 29.4 Å². The second kappa shape index (κ2) is 9.54. The first-order valence-electron chi connectivity index (χ1n) is 11.4. The van der Waals surface area contributed by atoms with Gasteiger partial charge in [0.15, 0.2) is 0 Å². The number of carbonyl (C=O) groups excluding carboxylic acids is 1. The molecule has 2 aromatic carbocycles. The van der Waals surface area contributed by atoms with Crippen molar-refractivity contribution in [3.63, 3.8) is 0 Å². The minimum atomic E-state index is -0.484. The lowest BCUT2D eigenvalue weighted by Gasteiger charge is -2.31. The first kappa shape index (κ1) is 22.5. The molecule has 4 N–H and O–H groups in total. The van der Waals surface area contributed by atoms with Crippen molar-refractivity contribution >= 4 is 27.5 Å². The Balaban J connectivity index is 1.60. The van der Waals surface area contributed by atoms with Crippen LogP contribution in [-0.2, 0) is 4.79 Å². The highest BCUT2D eigenvalue weighted by Gasteiger charge is 2.34. The SMILES string of the molecule is CNC(=O)C(c1ccc2sc(=O)[nH]c2c1)[C@H](CN1CC[C@H](O)C1)c1cccc(-c2ncc[nH]2)c1. The van der Waals surface area contributed by atoms with Crippen LogP contribution in [0, 0.1) is 0 Å². The summed E-state index contributed by atoms with van der Waals surface area (Å²) in [5, 5.41) is 13.0. The molecular weight excluding hydrogens is 450 g/mol. The van der Waals surface area contributed by atoms with E-state index in [1.165, 1.54) is 0 Å². The van der Waals surface area contributed by atoms with Gasteiger partial charge in [-0.1, -0.05) is 35.6 Å². The summed E-state index contributed by atoms with van der Waals surface area (Å²) >= 11 is 1.16. The van der Waals surface area contributed by atoms with Crippen molar-refractivity contribution in [3.8, 4) is 11.4 Å². The van der Waals surface area contributed by atoms with E-state index in [-0.39, 0.29) is 22.8 Å². The van der Waals surface area contributed by atoms with E-state index in [0.717, 1.165) is 57.0 Å². The summed E-state index contributed by atoms with van der Waals surface area (Å²) in [6.45, 7) is 1.99. The fourth-order valence-electron chi connectivity index (χ4n) is 4.88. The fraction of sp³-hybridized carbons (Fsp3) is 0.320. The van der Waals surface area contributed by atoms with Crippen molar-refractivity contribution in [2.45, 2.75) is 24.4 Å². The molecular formula is C25H27N5O3S. The van der Waals surface area contributed by atoms with E-state index in [2.05, 4.69) is 31.2 Å². The highest BCUT2D eigenvalue weighted by atomic mass is 32.1. The molecule has 1 unspecified atom stereocenters. The largest absolute Gasteiger partial charge is 0.392 e. The molecule has 0 spiro atoms. The van der Waals surface area contributed by atoms with Gasteiger partial charge in [-0.25, -0.2) is 4.98 Å². The Hall–Kier alpha value is -3.27. The third-order valence-electron chi connectivity index (χ3n) is 6.52. The molecule has 2 aromatic heterocycles. The van der Waals surface area contributed by atoms with Crippen molar-refractivity contribution in [2.24, 2.45) is 0 Å². The topological polar surface area (TPSA) is 114 Å². The van der Waals surface area contributed by atoms with Gasteiger partial charge >= 0.3 is 4.87 Å². The van der Waals surface area contributed by atoms with E-state index in [0.29, 0.717) is 13.1 Å². The number of carbonyl (C=O) groups is 1. The number of imidazole rings is 1. The molecule has 176 valence electrons. The summed E-state index contributed by atoms with van der Waals surface area (Å²) in [5.74, 6) is 0.0152. The van der Waals surface area contributed by atoms with Gasteiger partial charge in [0.05, 0.1) is 22.2 Å². The number of likely N-dealkylation sites (N-methyl/N-ethyl adjacent to an activating group) is 1. The van der Waals surface area contributed by atoms with Gasteiger partial charge in [0.1, 0.15) is 5.82 Å². The number of likely N-dealkylation sites (tertiary alicyclic amines) is 1. The van der Waals surface area contributed by atoms with E-state index in [4.69, 9.17) is 0 Å². The monoisotopic (exact) mass is 477 g/mol. The van der Waals surface area contributed by atoms with E-state index < -0.39 is 5.92 Å². The minimum Gasteiger partial charge on any atom is -0.392 e. The molecule has 1 fully saturated rings. The average Bonchev–Trinajstić information content (AvgIpc) is 3.59. The quantitative estimate of drug-likeness (QED) is 0.327. The zero-order valence-corrected chi connectivity index (χ0v) is 19.6. The lowest BCUT2D eigenvalue weighted by Crippen LogP contribution is -2.36. The van der Waals surface area contributed by atoms with E-state index >= 15 is 0 Å². The Morgan fingerprint density at radius 2 is 2.18 bits per heavy atom. The maximum atomic E-state index is 13.4. The third kappa shape index (κ3) is 4.54. The number of amides is 1. The smallest absolute Gasteiger partial charge is 0.305 e. The summed E-state index contributed by atoms with van der Waals surface area (Å²) in [6, 6.07) is 13.9. The van der Waals surface area contributed by atoms with Crippen LogP contribution < -0.4 is 10.2 Å². The van der Waals surface area contributed by atoms with Crippen molar-refractivity contribution in [1.82, 2.24) is 25.2 Å². The van der Waals surface area contributed by atoms with Gasteiger partial charge in [0, 0.05) is 50.6 Å². The van der Waals surface area contributed by atoms with Crippen LogP contribution in [0.25, 0.3) is 21.6 Å². The lowest BCUT2D eigenvalue weighted by molar-refractivity contribution is -0.122. The normalized spacial score (nSPS) is 18.2. The highest BCUT2D eigenvalue weighted by Crippen LogP contribution is 2.37. The number of benzene rings is 2. The van der Waals surface area contributed by atoms with Gasteiger partial charge in [0.25, 0.3) is 0 Å². The van der Waals surface area contributed by atoms with Gasteiger partial charge in [0.2, 0.25) is 5.91 Å². The van der Waals surface area contributed by atoms with Crippen LogP contribution in [-0.4, -0.2) is 63.7 Å². The second-order valence-corrected chi connectivity index (χ2v) is 9.75. The fourth-order valence-corrected chi connectivity index (χ4v) is 5.60. The number of hydrogen-bond donors (Lipinski definition) is 4.